The summed E-state index contributed by atoms with van der Waals surface area (Å²) in [4.78, 5) is 41.5. The van der Waals surface area contributed by atoms with Crippen LogP contribution in [0.2, 0.25) is 0 Å². The zero-order valence-corrected chi connectivity index (χ0v) is 22.4. The van der Waals surface area contributed by atoms with Gasteiger partial charge in [0.1, 0.15) is 19.5 Å². The predicted octanol–water partition coefficient (Wildman–Crippen LogP) is 4.30. The molecule has 40 heavy (non-hydrogen) atoms. The molecule has 0 aliphatic carbocycles. The van der Waals surface area contributed by atoms with Crippen LogP contribution >= 0.6 is 0 Å². The van der Waals surface area contributed by atoms with Gasteiger partial charge in [0.25, 0.3) is 0 Å². The molecule has 3 aromatic carbocycles. The Labute approximate surface area is 228 Å². The fourth-order valence-electron chi connectivity index (χ4n) is 4.63. The number of amides is 1. The first kappa shape index (κ1) is 26.5. The van der Waals surface area contributed by atoms with Gasteiger partial charge in [0, 0.05) is 23.9 Å². The van der Waals surface area contributed by atoms with Gasteiger partial charge < -0.3 is 15.0 Å². The number of rotatable bonds is 8. The van der Waals surface area contributed by atoms with E-state index in [2.05, 4.69) is 20.5 Å². The molecule has 5 aromatic rings. The van der Waals surface area contributed by atoms with Gasteiger partial charge in [-0.1, -0.05) is 17.7 Å². The Bertz CT molecular complexity index is 1780. The SMILES string of the molecule is CC(=O)c1cc(-c2cc(C)c(OCc3nnc[nH]3)c(F)c2)c2c(c1)n(CC(=O)Nc1ccc(C)cc1)c(=O)n2C. The van der Waals surface area contributed by atoms with Gasteiger partial charge >= 0.3 is 5.69 Å². The molecule has 1 amide bonds. The van der Waals surface area contributed by atoms with Gasteiger partial charge in [0.2, 0.25) is 5.91 Å². The molecule has 0 radical (unpaired) electrons. The number of Topliss-reactive ketones (excluding diaryl/α,β-unsaturated/α-hetero) is 1. The molecule has 2 heterocycles. The zero-order valence-electron chi connectivity index (χ0n) is 22.4. The van der Waals surface area contributed by atoms with Crippen LogP contribution in [-0.2, 0) is 25.0 Å². The summed E-state index contributed by atoms with van der Waals surface area (Å²) in [7, 11) is 1.58. The third kappa shape index (κ3) is 5.13. The number of fused-ring (bicyclic) bond motifs is 1. The second-order valence-electron chi connectivity index (χ2n) is 9.62. The molecule has 5 rings (SSSR count). The Morgan fingerprint density at radius 2 is 1.85 bits per heavy atom. The van der Waals surface area contributed by atoms with Crippen molar-refractivity contribution in [3.05, 3.63) is 93.7 Å². The summed E-state index contributed by atoms with van der Waals surface area (Å²) in [6, 6.07) is 13.5. The van der Waals surface area contributed by atoms with E-state index in [0.29, 0.717) is 44.8 Å². The number of halogens is 1. The van der Waals surface area contributed by atoms with Crippen molar-refractivity contribution in [1.82, 2.24) is 24.3 Å². The Morgan fingerprint density at radius 1 is 1.10 bits per heavy atom. The van der Waals surface area contributed by atoms with E-state index in [1.54, 1.807) is 44.3 Å². The van der Waals surface area contributed by atoms with Crippen LogP contribution in [0.4, 0.5) is 10.1 Å². The first-order valence-corrected chi connectivity index (χ1v) is 12.5. The highest BCUT2D eigenvalue weighted by molar-refractivity contribution is 6.03. The van der Waals surface area contributed by atoms with E-state index in [1.165, 1.54) is 28.5 Å². The number of carbonyl (C=O) groups excluding carboxylic acids is 2. The van der Waals surface area contributed by atoms with Crippen molar-refractivity contribution in [2.24, 2.45) is 7.05 Å². The quantitative estimate of drug-likeness (QED) is 0.282. The number of ketones is 1. The summed E-state index contributed by atoms with van der Waals surface area (Å²) < 4.78 is 23.7. The Hall–Kier alpha value is -5.06. The van der Waals surface area contributed by atoms with Gasteiger partial charge in [-0.05, 0) is 68.3 Å². The number of hydrogen-bond donors (Lipinski definition) is 2. The molecule has 0 spiro atoms. The van der Waals surface area contributed by atoms with E-state index >= 15 is 4.39 Å². The number of benzene rings is 3. The highest BCUT2D eigenvalue weighted by atomic mass is 19.1. The fourth-order valence-corrected chi connectivity index (χ4v) is 4.63. The second-order valence-corrected chi connectivity index (χ2v) is 9.62. The fraction of sp³-hybridized carbons (Fsp3) is 0.207. The van der Waals surface area contributed by atoms with Gasteiger partial charge in [-0.2, -0.15) is 0 Å². The van der Waals surface area contributed by atoms with Crippen LogP contribution in [0.25, 0.3) is 22.2 Å². The summed E-state index contributed by atoms with van der Waals surface area (Å²) in [5, 5.41) is 10.3. The van der Waals surface area contributed by atoms with Crippen LogP contribution in [-0.4, -0.2) is 36.0 Å². The number of anilines is 1. The minimum Gasteiger partial charge on any atom is -0.482 e. The van der Waals surface area contributed by atoms with Crippen molar-refractivity contribution < 1.29 is 18.7 Å². The number of aromatic nitrogens is 5. The van der Waals surface area contributed by atoms with Crippen LogP contribution in [0.15, 0.2) is 59.7 Å². The highest BCUT2D eigenvalue weighted by Gasteiger charge is 2.21. The lowest BCUT2D eigenvalue weighted by molar-refractivity contribution is -0.116. The first-order valence-electron chi connectivity index (χ1n) is 12.5. The minimum atomic E-state index is -0.613. The van der Waals surface area contributed by atoms with Crippen molar-refractivity contribution >= 4 is 28.4 Å². The summed E-state index contributed by atoms with van der Waals surface area (Å²) in [5.74, 6) is -0.750. The maximum atomic E-state index is 15.3. The Kier molecular flexibility index (Phi) is 7.03. The summed E-state index contributed by atoms with van der Waals surface area (Å²) in [5.41, 5.74) is 3.82. The average Bonchev–Trinajstić information content (AvgIpc) is 3.52. The van der Waals surface area contributed by atoms with E-state index in [1.807, 2.05) is 19.1 Å². The van der Waals surface area contributed by atoms with Crippen LogP contribution < -0.4 is 15.7 Å². The largest absolute Gasteiger partial charge is 0.482 e. The van der Waals surface area contributed by atoms with Gasteiger partial charge in [0.15, 0.2) is 23.2 Å². The normalized spacial score (nSPS) is 11.1. The molecule has 0 aliphatic rings. The van der Waals surface area contributed by atoms with Gasteiger partial charge in [-0.3, -0.25) is 18.7 Å². The molecule has 0 unspecified atom stereocenters. The third-order valence-electron chi connectivity index (χ3n) is 6.64. The lowest BCUT2D eigenvalue weighted by Gasteiger charge is -2.13. The molecule has 0 atom stereocenters. The molecule has 0 saturated carbocycles. The Morgan fingerprint density at radius 3 is 2.50 bits per heavy atom. The number of aromatic amines is 1. The van der Waals surface area contributed by atoms with Crippen molar-refractivity contribution in [3.63, 3.8) is 0 Å². The number of imidazole rings is 1. The Balaban J connectivity index is 1.56. The number of nitrogens with zero attached hydrogens (tertiary/aromatic N) is 4. The van der Waals surface area contributed by atoms with Crippen molar-refractivity contribution in [3.8, 4) is 16.9 Å². The third-order valence-corrected chi connectivity index (χ3v) is 6.64. The molecule has 2 aromatic heterocycles. The molecule has 204 valence electrons. The lowest BCUT2D eigenvalue weighted by Crippen LogP contribution is -2.28. The number of nitrogens with one attached hydrogen (secondary N) is 2. The molecular weight excluding hydrogens is 515 g/mol. The van der Waals surface area contributed by atoms with Gasteiger partial charge in [-0.25, -0.2) is 9.18 Å². The van der Waals surface area contributed by atoms with Crippen LogP contribution in [0, 0.1) is 19.7 Å². The standard InChI is InChI=1S/C29H27FN6O4/c1-16-5-7-21(8-6-16)33-26(38)13-36-24-12-19(18(3)37)10-22(27(24)35(4)29(36)39)20-9-17(2)28(23(30)11-20)40-14-25-31-15-32-34-25/h5-12,15H,13-14H2,1-4H3,(H,33,38)(H,31,32,34). The summed E-state index contributed by atoms with van der Waals surface area (Å²) in [6.45, 7) is 4.79. The number of hydrogen-bond acceptors (Lipinski definition) is 6. The number of H-pyrrole nitrogens is 1. The smallest absolute Gasteiger partial charge is 0.329 e. The van der Waals surface area contributed by atoms with E-state index < -0.39 is 17.4 Å². The zero-order chi connectivity index (χ0) is 28.6. The van der Waals surface area contributed by atoms with Crippen molar-refractivity contribution in [1.29, 1.82) is 0 Å². The van der Waals surface area contributed by atoms with Crippen LogP contribution in [0.3, 0.4) is 0 Å². The van der Waals surface area contributed by atoms with Gasteiger partial charge in [-0.15, -0.1) is 10.2 Å². The molecule has 10 nitrogen and oxygen atoms in total. The maximum Gasteiger partial charge on any atom is 0.329 e. The van der Waals surface area contributed by atoms with Crippen LogP contribution in [0.5, 0.6) is 5.75 Å². The monoisotopic (exact) mass is 542 g/mol. The van der Waals surface area contributed by atoms with Crippen LogP contribution in [0.1, 0.15) is 34.2 Å². The second kappa shape index (κ2) is 10.6. The maximum absolute atomic E-state index is 15.3. The summed E-state index contributed by atoms with van der Waals surface area (Å²) >= 11 is 0. The van der Waals surface area contributed by atoms with E-state index in [9.17, 15) is 14.4 Å². The topological polar surface area (TPSA) is 124 Å². The molecule has 2 N–H and O–H groups in total. The molecule has 0 aliphatic heterocycles. The number of carbonyl (C=O) groups is 2. The predicted molar refractivity (Wildman–Crippen MR) is 148 cm³/mol. The molecule has 0 bridgehead atoms. The molecule has 0 fully saturated rings. The minimum absolute atomic E-state index is 0.00315. The first-order chi connectivity index (χ1) is 19.1. The van der Waals surface area contributed by atoms with Crippen molar-refractivity contribution in [2.45, 2.75) is 33.9 Å². The van der Waals surface area contributed by atoms with E-state index in [4.69, 9.17) is 4.74 Å². The van der Waals surface area contributed by atoms with E-state index in [0.717, 1.165) is 5.56 Å². The molecule has 11 heteroatoms. The molecule has 0 saturated heterocycles. The van der Waals surface area contributed by atoms with Crippen molar-refractivity contribution in [2.75, 3.05) is 5.32 Å². The number of aryl methyl sites for hydroxylation is 3. The molecular formula is C29H27FN6O4. The lowest BCUT2D eigenvalue weighted by atomic mass is 9.97. The summed E-state index contributed by atoms with van der Waals surface area (Å²) in [6.07, 6.45) is 1.40. The average molecular weight is 543 g/mol. The number of ether oxygens (including phenoxy) is 1. The van der Waals surface area contributed by atoms with E-state index in [-0.39, 0.29) is 24.7 Å². The van der Waals surface area contributed by atoms with Gasteiger partial charge in [0.05, 0.1) is 11.0 Å². The highest BCUT2D eigenvalue weighted by Crippen LogP contribution is 2.35.